The molecule has 1 aliphatic heterocycles. The summed E-state index contributed by atoms with van der Waals surface area (Å²) in [6, 6.07) is 6.14. The lowest BCUT2D eigenvalue weighted by atomic mass is 10.1. The summed E-state index contributed by atoms with van der Waals surface area (Å²) in [6.45, 7) is 1.93. The van der Waals surface area contributed by atoms with E-state index in [-0.39, 0.29) is 30.5 Å². The van der Waals surface area contributed by atoms with E-state index in [0.717, 1.165) is 5.56 Å². The van der Waals surface area contributed by atoms with Crippen LogP contribution in [-0.4, -0.2) is 60.9 Å². The van der Waals surface area contributed by atoms with E-state index in [1.54, 1.807) is 21.9 Å². The molecule has 0 saturated carbocycles. The van der Waals surface area contributed by atoms with Crippen molar-refractivity contribution >= 4 is 17.8 Å². The van der Waals surface area contributed by atoms with E-state index in [1.807, 2.05) is 0 Å². The van der Waals surface area contributed by atoms with Crippen LogP contribution in [-0.2, 0) is 25.5 Å². The Morgan fingerprint density at radius 3 is 1.96 bits per heavy atom. The van der Waals surface area contributed by atoms with Crippen LogP contribution in [0.15, 0.2) is 24.3 Å². The highest BCUT2D eigenvalue weighted by Crippen LogP contribution is 2.10. The van der Waals surface area contributed by atoms with Gasteiger partial charge in [-0.1, -0.05) is 12.1 Å². The molecule has 2 rings (SSSR count). The first-order chi connectivity index (χ1) is 12.0. The number of aryl methyl sites for hydroxylation is 1. The Hall–Kier alpha value is -2.44. The third-order valence-corrected chi connectivity index (χ3v) is 4.30. The summed E-state index contributed by atoms with van der Waals surface area (Å²) in [6.07, 6.45) is 1.14. The van der Waals surface area contributed by atoms with Crippen molar-refractivity contribution in [3.63, 3.8) is 0 Å². The minimum absolute atomic E-state index is 0.0333. The van der Waals surface area contributed by atoms with Crippen molar-refractivity contribution in [2.75, 3.05) is 33.3 Å². The number of benzene rings is 1. The van der Waals surface area contributed by atoms with Crippen molar-refractivity contribution in [1.82, 2.24) is 9.80 Å². The zero-order valence-electron chi connectivity index (χ0n) is 14.4. The predicted octanol–water partition coefficient (Wildman–Crippen LogP) is 1.38. The molecule has 1 fully saturated rings. The Kier molecular flexibility index (Phi) is 6.91. The summed E-state index contributed by atoms with van der Waals surface area (Å²) in [5.74, 6) is -0.749. The highest BCUT2D eigenvalue weighted by Gasteiger charge is 2.24. The van der Waals surface area contributed by atoms with Crippen LogP contribution in [0, 0.1) is 5.82 Å². The van der Waals surface area contributed by atoms with Crippen LogP contribution in [0.5, 0.6) is 0 Å². The van der Waals surface area contributed by atoms with Gasteiger partial charge in [0.05, 0.1) is 13.5 Å². The fourth-order valence-corrected chi connectivity index (χ4v) is 2.73. The van der Waals surface area contributed by atoms with Crippen LogP contribution in [0.1, 0.15) is 24.8 Å². The standard InChI is InChI=1S/C18H23FN2O4/c1-25-18(24)9-8-17(23)21-12-10-20(11-13-21)16(22)7-4-14-2-5-15(19)6-3-14/h2-3,5-6H,4,7-13H2,1H3. The maximum absolute atomic E-state index is 12.9. The lowest BCUT2D eigenvalue weighted by molar-refractivity contribution is -0.144. The highest BCUT2D eigenvalue weighted by molar-refractivity contribution is 5.82. The second-order valence-corrected chi connectivity index (χ2v) is 5.96. The van der Waals surface area contributed by atoms with Crippen molar-refractivity contribution in [3.8, 4) is 0 Å². The maximum atomic E-state index is 12.9. The van der Waals surface area contributed by atoms with Crippen LogP contribution >= 0.6 is 0 Å². The Bertz CT molecular complexity index is 610. The van der Waals surface area contributed by atoms with Gasteiger partial charge in [0.2, 0.25) is 11.8 Å². The Morgan fingerprint density at radius 1 is 0.920 bits per heavy atom. The molecule has 0 atom stereocenters. The molecule has 7 heteroatoms. The third kappa shape index (κ3) is 5.85. The fourth-order valence-electron chi connectivity index (χ4n) is 2.73. The number of carbonyl (C=O) groups is 3. The van der Waals surface area contributed by atoms with Crippen molar-refractivity contribution in [2.45, 2.75) is 25.7 Å². The smallest absolute Gasteiger partial charge is 0.306 e. The lowest BCUT2D eigenvalue weighted by Crippen LogP contribution is -2.50. The molecule has 1 aliphatic rings. The van der Waals surface area contributed by atoms with E-state index in [4.69, 9.17) is 0 Å². The second kappa shape index (κ2) is 9.15. The van der Waals surface area contributed by atoms with Crippen molar-refractivity contribution < 1.29 is 23.5 Å². The topological polar surface area (TPSA) is 66.9 Å². The summed E-state index contributed by atoms with van der Waals surface area (Å²) in [5, 5.41) is 0. The molecule has 2 amide bonds. The number of ether oxygens (including phenoxy) is 1. The SMILES string of the molecule is COC(=O)CCC(=O)N1CCN(C(=O)CCc2ccc(F)cc2)CC1. The summed E-state index contributed by atoms with van der Waals surface area (Å²) < 4.78 is 17.4. The Balaban J connectivity index is 1.71. The third-order valence-electron chi connectivity index (χ3n) is 4.30. The molecule has 1 heterocycles. The molecule has 0 spiro atoms. The normalized spacial score (nSPS) is 14.3. The molecule has 6 nitrogen and oxygen atoms in total. The zero-order chi connectivity index (χ0) is 18.2. The summed E-state index contributed by atoms with van der Waals surface area (Å²) in [4.78, 5) is 38.8. The summed E-state index contributed by atoms with van der Waals surface area (Å²) >= 11 is 0. The average Bonchev–Trinajstić information content (AvgIpc) is 2.65. The molecule has 25 heavy (non-hydrogen) atoms. The number of piperazine rings is 1. The van der Waals surface area contributed by atoms with Crippen LogP contribution in [0.2, 0.25) is 0 Å². The van der Waals surface area contributed by atoms with Gasteiger partial charge in [-0.2, -0.15) is 0 Å². The van der Waals surface area contributed by atoms with Crippen LogP contribution in [0.25, 0.3) is 0 Å². The van der Waals surface area contributed by atoms with Crippen molar-refractivity contribution in [3.05, 3.63) is 35.6 Å². The van der Waals surface area contributed by atoms with Gasteiger partial charge in [-0.15, -0.1) is 0 Å². The number of rotatable bonds is 6. The number of carbonyl (C=O) groups excluding carboxylic acids is 3. The van der Waals surface area contributed by atoms with Gasteiger partial charge in [-0.05, 0) is 24.1 Å². The monoisotopic (exact) mass is 350 g/mol. The van der Waals surface area contributed by atoms with E-state index in [1.165, 1.54) is 19.2 Å². The minimum atomic E-state index is -0.400. The number of halogens is 1. The minimum Gasteiger partial charge on any atom is -0.469 e. The number of hydrogen-bond donors (Lipinski definition) is 0. The largest absolute Gasteiger partial charge is 0.469 e. The number of amides is 2. The maximum Gasteiger partial charge on any atom is 0.306 e. The van der Waals surface area contributed by atoms with Gasteiger partial charge in [0.1, 0.15) is 5.82 Å². The number of methoxy groups -OCH3 is 1. The average molecular weight is 350 g/mol. The molecule has 0 aliphatic carbocycles. The zero-order valence-corrected chi connectivity index (χ0v) is 14.4. The molecule has 1 aromatic rings. The first-order valence-corrected chi connectivity index (χ1v) is 8.36. The van der Waals surface area contributed by atoms with Gasteiger partial charge in [0.25, 0.3) is 0 Å². The van der Waals surface area contributed by atoms with E-state index in [0.29, 0.717) is 39.0 Å². The molecule has 0 radical (unpaired) electrons. The molecule has 1 saturated heterocycles. The van der Waals surface area contributed by atoms with Gasteiger partial charge in [-0.25, -0.2) is 4.39 Å². The van der Waals surface area contributed by atoms with Crippen LogP contribution in [0.4, 0.5) is 4.39 Å². The fraction of sp³-hybridized carbons (Fsp3) is 0.500. The molecule has 0 aromatic heterocycles. The number of hydrogen-bond acceptors (Lipinski definition) is 4. The molecule has 136 valence electrons. The van der Waals surface area contributed by atoms with Gasteiger partial charge < -0.3 is 14.5 Å². The Labute approximate surface area is 146 Å². The van der Waals surface area contributed by atoms with Crippen LogP contribution < -0.4 is 0 Å². The van der Waals surface area contributed by atoms with Gasteiger partial charge in [-0.3, -0.25) is 14.4 Å². The van der Waals surface area contributed by atoms with E-state index in [9.17, 15) is 18.8 Å². The van der Waals surface area contributed by atoms with E-state index >= 15 is 0 Å². The molecule has 0 unspecified atom stereocenters. The molecular weight excluding hydrogens is 327 g/mol. The molecular formula is C18H23FN2O4. The molecule has 1 aromatic carbocycles. The second-order valence-electron chi connectivity index (χ2n) is 5.96. The summed E-state index contributed by atoms with van der Waals surface area (Å²) in [5.41, 5.74) is 0.923. The quantitative estimate of drug-likeness (QED) is 0.727. The molecule has 0 N–H and O–H groups in total. The number of nitrogens with zero attached hydrogens (tertiary/aromatic N) is 2. The first-order valence-electron chi connectivity index (χ1n) is 8.36. The van der Waals surface area contributed by atoms with Gasteiger partial charge >= 0.3 is 5.97 Å². The first kappa shape index (κ1) is 18.9. The molecule has 0 bridgehead atoms. The highest BCUT2D eigenvalue weighted by atomic mass is 19.1. The van der Waals surface area contributed by atoms with E-state index in [2.05, 4.69) is 4.74 Å². The Morgan fingerprint density at radius 2 is 1.44 bits per heavy atom. The van der Waals surface area contributed by atoms with E-state index < -0.39 is 5.97 Å². The van der Waals surface area contributed by atoms with Gasteiger partial charge in [0.15, 0.2) is 0 Å². The predicted molar refractivity (Wildman–Crippen MR) is 89.1 cm³/mol. The van der Waals surface area contributed by atoms with Crippen molar-refractivity contribution in [1.29, 1.82) is 0 Å². The lowest BCUT2D eigenvalue weighted by Gasteiger charge is -2.35. The van der Waals surface area contributed by atoms with Crippen LogP contribution in [0.3, 0.4) is 0 Å². The summed E-state index contributed by atoms with van der Waals surface area (Å²) in [7, 11) is 1.29. The van der Waals surface area contributed by atoms with Gasteiger partial charge in [0, 0.05) is 39.0 Å². The van der Waals surface area contributed by atoms with Crippen molar-refractivity contribution in [2.24, 2.45) is 0 Å². The number of esters is 1.